The van der Waals surface area contributed by atoms with Crippen molar-refractivity contribution in [3.05, 3.63) is 84.4 Å². The molecule has 3 aromatic rings. The Morgan fingerprint density at radius 2 is 1.45 bits per heavy atom. The van der Waals surface area contributed by atoms with Crippen LogP contribution in [0.4, 0.5) is 5.69 Å². The predicted molar refractivity (Wildman–Crippen MR) is 111 cm³/mol. The van der Waals surface area contributed by atoms with Gasteiger partial charge in [-0.25, -0.2) is 8.42 Å². The van der Waals surface area contributed by atoms with E-state index in [-0.39, 0.29) is 10.6 Å². The number of nitrogens with zero attached hydrogens (tertiary/aromatic N) is 1. The highest BCUT2D eigenvalue weighted by Crippen LogP contribution is 2.25. The minimum Gasteiger partial charge on any atom is -0.497 e. The average Bonchev–Trinajstić information content (AvgIpc) is 2.73. The Morgan fingerprint density at radius 3 is 2.03 bits per heavy atom. The molecule has 0 bridgehead atoms. The predicted octanol–water partition coefficient (Wildman–Crippen LogP) is 3.80. The van der Waals surface area contributed by atoms with Crippen LogP contribution in [-0.2, 0) is 14.8 Å². The number of ether oxygens (including phenoxy) is 2. The van der Waals surface area contributed by atoms with E-state index in [9.17, 15) is 13.2 Å². The van der Waals surface area contributed by atoms with E-state index in [1.807, 2.05) is 6.92 Å². The van der Waals surface area contributed by atoms with Gasteiger partial charge >= 0.3 is 0 Å². The van der Waals surface area contributed by atoms with Crippen molar-refractivity contribution in [2.24, 2.45) is 0 Å². The Bertz CT molecular complexity index is 1060. The standard InChI is InChI=1S/C22H21NO5S/c1-17-8-14-21(15-9-17)29(25,26)23(18-6-4-3-5-7-18)22(24)16-28-20-12-10-19(27-2)11-13-20/h3-15H,16H2,1-2H3. The van der Waals surface area contributed by atoms with Crippen molar-refractivity contribution >= 4 is 21.6 Å². The van der Waals surface area contributed by atoms with Crippen molar-refractivity contribution in [1.82, 2.24) is 0 Å². The first-order chi connectivity index (χ1) is 13.9. The molecule has 0 heterocycles. The van der Waals surface area contributed by atoms with E-state index in [0.29, 0.717) is 11.5 Å². The van der Waals surface area contributed by atoms with Crippen molar-refractivity contribution in [3.63, 3.8) is 0 Å². The fourth-order valence-corrected chi connectivity index (χ4v) is 4.08. The number of para-hydroxylation sites is 1. The number of carbonyl (C=O) groups excluding carboxylic acids is 1. The second-order valence-corrected chi connectivity index (χ2v) is 8.06. The van der Waals surface area contributed by atoms with Crippen LogP contribution >= 0.6 is 0 Å². The summed E-state index contributed by atoms with van der Waals surface area (Å²) in [6.45, 7) is 1.42. The minimum absolute atomic E-state index is 0.0322. The number of amides is 1. The lowest BCUT2D eigenvalue weighted by molar-refractivity contribution is -0.119. The molecule has 0 fully saturated rings. The van der Waals surface area contributed by atoms with Crippen molar-refractivity contribution in [1.29, 1.82) is 0 Å². The number of anilines is 1. The lowest BCUT2D eigenvalue weighted by Crippen LogP contribution is -2.40. The quantitative estimate of drug-likeness (QED) is 0.591. The molecule has 3 rings (SSSR count). The van der Waals surface area contributed by atoms with Crippen LogP contribution in [0.1, 0.15) is 5.56 Å². The van der Waals surface area contributed by atoms with E-state index in [1.54, 1.807) is 73.8 Å². The molecule has 0 saturated heterocycles. The van der Waals surface area contributed by atoms with Gasteiger partial charge in [0, 0.05) is 0 Å². The third-order valence-corrected chi connectivity index (χ3v) is 5.96. The molecule has 1 amide bonds. The maximum atomic E-state index is 13.2. The Kier molecular flexibility index (Phi) is 6.19. The summed E-state index contributed by atoms with van der Waals surface area (Å²) in [7, 11) is -2.55. The molecule has 0 spiro atoms. The van der Waals surface area contributed by atoms with Gasteiger partial charge in [-0.1, -0.05) is 35.9 Å². The first-order valence-electron chi connectivity index (χ1n) is 8.88. The third kappa shape index (κ3) is 4.75. The Balaban J connectivity index is 1.89. The molecule has 0 radical (unpaired) electrons. The molecule has 0 aliphatic rings. The van der Waals surface area contributed by atoms with Crippen LogP contribution in [0, 0.1) is 6.92 Å². The molecule has 7 heteroatoms. The summed E-state index contributed by atoms with van der Waals surface area (Å²) >= 11 is 0. The van der Waals surface area contributed by atoms with Gasteiger partial charge in [0.2, 0.25) is 0 Å². The molecule has 3 aromatic carbocycles. The molecule has 0 N–H and O–H groups in total. The topological polar surface area (TPSA) is 72.9 Å². The van der Waals surface area contributed by atoms with Gasteiger partial charge in [-0.2, -0.15) is 4.31 Å². The summed E-state index contributed by atoms with van der Waals surface area (Å²) < 4.78 is 37.8. The number of aryl methyl sites for hydroxylation is 1. The van der Waals surface area contributed by atoms with Crippen LogP contribution in [0.3, 0.4) is 0 Å². The minimum atomic E-state index is -4.10. The highest BCUT2D eigenvalue weighted by molar-refractivity contribution is 7.93. The van der Waals surface area contributed by atoms with Gasteiger partial charge < -0.3 is 9.47 Å². The molecule has 6 nitrogen and oxygen atoms in total. The van der Waals surface area contributed by atoms with E-state index >= 15 is 0 Å². The molecule has 29 heavy (non-hydrogen) atoms. The SMILES string of the molecule is COc1ccc(OCC(=O)N(c2ccccc2)S(=O)(=O)c2ccc(C)cc2)cc1. The zero-order valence-electron chi connectivity index (χ0n) is 16.1. The molecule has 0 atom stereocenters. The summed E-state index contributed by atoms with van der Waals surface area (Å²) in [5.74, 6) is 0.379. The normalized spacial score (nSPS) is 11.0. The maximum absolute atomic E-state index is 13.2. The fraction of sp³-hybridized carbons (Fsp3) is 0.136. The highest BCUT2D eigenvalue weighted by Gasteiger charge is 2.31. The number of methoxy groups -OCH3 is 1. The summed E-state index contributed by atoms with van der Waals surface area (Å²) in [6, 6.07) is 21.2. The smallest absolute Gasteiger partial charge is 0.278 e. The number of carbonyl (C=O) groups is 1. The van der Waals surface area contributed by atoms with Gasteiger partial charge in [-0.05, 0) is 55.5 Å². The van der Waals surface area contributed by atoms with Crippen LogP contribution in [0.25, 0.3) is 0 Å². The van der Waals surface area contributed by atoms with Gasteiger partial charge in [0.25, 0.3) is 15.9 Å². The average molecular weight is 411 g/mol. The van der Waals surface area contributed by atoms with Gasteiger partial charge in [-0.15, -0.1) is 0 Å². The highest BCUT2D eigenvalue weighted by atomic mass is 32.2. The van der Waals surface area contributed by atoms with Crippen molar-refractivity contribution in [2.75, 3.05) is 18.0 Å². The molecular formula is C22H21NO5S. The Labute approximate surface area is 170 Å². The van der Waals surface area contributed by atoms with Crippen LogP contribution in [0.15, 0.2) is 83.8 Å². The van der Waals surface area contributed by atoms with Gasteiger partial charge in [0.1, 0.15) is 11.5 Å². The van der Waals surface area contributed by atoms with Gasteiger partial charge in [0.05, 0.1) is 17.7 Å². The lowest BCUT2D eigenvalue weighted by atomic mass is 10.2. The van der Waals surface area contributed by atoms with Crippen LogP contribution in [0.2, 0.25) is 0 Å². The van der Waals surface area contributed by atoms with Crippen molar-refractivity contribution in [3.8, 4) is 11.5 Å². The Morgan fingerprint density at radius 1 is 0.862 bits per heavy atom. The van der Waals surface area contributed by atoms with E-state index in [2.05, 4.69) is 0 Å². The van der Waals surface area contributed by atoms with Crippen LogP contribution in [-0.4, -0.2) is 28.0 Å². The van der Waals surface area contributed by atoms with Crippen molar-refractivity contribution in [2.45, 2.75) is 11.8 Å². The molecule has 0 saturated carbocycles. The zero-order valence-corrected chi connectivity index (χ0v) is 16.9. The van der Waals surface area contributed by atoms with Gasteiger partial charge in [-0.3, -0.25) is 4.79 Å². The second kappa shape index (κ2) is 8.79. The van der Waals surface area contributed by atoms with E-state index < -0.39 is 22.5 Å². The Hall–Kier alpha value is -3.32. The first-order valence-corrected chi connectivity index (χ1v) is 10.3. The van der Waals surface area contributed by atoms with E-state index in [1.165, 1.54) is 12.1 Å². The molecule has 150 valence electrons. The summed E-state index contributed by atoms with van der Waals surface area (Å²) in [6.07, 6.45) is 0. The number of rotatable bonds is 7. The number of hydrogen-bond acceptors (Lipinski definition) is 5. The monoisotopic (exact) mass is 411 g/mol. The van der Waals surface area contributed by atoms with E-state index in [4.69, 9.17) is 9.47 Å². The van der Waals surface area contributed by atoms with Crippen LogP contribution in [0.5, 0.6) is 11.5 Å². The van der Waals surface area contributed by atoms with Gasteiger partial charge in [0.15, 0.2) is 6.61 Å². The molecule has 0 aliphatic heterocycles. The molecule has 0 aromatic heterocycles. The van der Waals surface area contributed by atoms with Crippen molar-refractivity contribution < 1.29 is 22.7 Å². The van der Waals surface area contributed by atoms with Crippen LogP contribution < -0.4 is 13.8 Å². The second-order valence-electron chi connectivity index (χ2n) is 6.28. The summed E-state index contributed by atoms with van der Waals surface area (Å²) in [5.41, 5.74) is 1.17. The molecule has 0 unspecified atom stereocenters. The van der Waals surface area contributed by atoms with E-state index in [0.717, 1.165) is 9.87 Å². The zero-order chi connectivity index (χ0) is 20.9. The fourth-order valence-electron chi connectivity index (χ4n) is 2.67. The summed E-state index contributed by atoms with van der Waals surface area (Å²) in [4.78, 5) is 13.0. The first kappa shape index (κ1) is 20.4. The maximum Gasteiger partial charge on any atom is 0.278 e. The number of benzene rings is 3. The lowest BCUT2D eigenvalue weighted by Gasteiger charge is -2.23. The summed E-state index contributed by atoms with van der Waals surface area (Å²) in [5, 5.41) is 0. The third-order valence-electron chi connectivity index (χ3n) is 4.20. The molecular weight excluding hydrogens is 390 g/mol. The molecule has 0 aliphatic carbocycles. The number of hydrogen-bond donors (Lipinski definition) is 0. The largest absolute Gasteiger partial charge is 0.497 e. The number of sulfonamides is 1.